The zero-order valence-corrected chi connectivity index (χ0v) is 17.1. The van der Waals surface area contributed by atoms with Crippen molar-refractivity contribution in [3.05, 3.63) is 46.5 Å². The van der Waals surface area contributed by atoms with Crippen LogP contribution in [-0.2, 0) is 10.0 Å². The first-order chi connectivity index (χ1) is 13.9. The van der Waals surface area contributed by atoms with Gasteiger partial charge in [0.2, 0.25) is 10.0 Å². The summed E-state index contributed by atoms with van der Waals surface area (Å²) < 4.78 is 37.5. The monoisotopic (exact) mass is 421 g/mol. The fourth-order valence-electron chi connectivity index (χ4n) is 3.23. The number of methoxy groups -OCH3 is 2. The number of hydrogen-bond acceptors (Lipinski definition) is 7. The van der Waals surface area contributed by atoms with Crippen LogP contribution in [0.15, 0.2) is 41.3 Å². The molecule has 0 aromatic heterocycles. The minimum atomic E-state index is -3.77. The van der Waals surface area contributed by atoms with Crippen LogP contribution in [-0.4, -0.2) is 45.0 Å². The van der Waals surface area contributed by atoms with Crippen LogP contribution in [0.25, 0.3) is 0 Å². The zero-order valence-electron chi connectivity index (χ0n) is 16.3. The second-order valence-corrected chi connectivity index (χ2v) is 8.53. The highest BCUT2D eigenvalue weighted by molar-refractivity contribution is 7.89. The lowest BCUT2D eigenvalue weighted by Crippen LogP contribution is -2.35. The fourth-order valence-corrected chi connectivity index (χ4v) is 4.77. The molecule has 156 valence electrons. The summed E-state index contributed by atoms with van der Waals surface area (Å²) in [5.74, 6) is 1.01. The Morgan fingerprint density at radius 1 is 1.00 bits per heavy atom. The molecular weight excluding hydrogens is 398 g/mol. The topological polar surface area (TPSA) is 111 Å². The van der Waals surface area contributed by atoms with E-state index in [9.17, 15) is 18.5 Å². The molecule has 0 spiro atoms. The van der Waals surface area contributed by atoms with E-state index >= 15 is 0 Å². The molecule has 10 heteroatoms. The van der Waals surface area contributed by atoms with Crippen molar-refractivity contribution in [3.8, 4) is 11.5 Å². The fraction of sp³-hybridized carbons (Fsp3) is 0.368. The lowest BCUT2D eigenvalue weighted by molar-refractivity contribution is -0.384. The molecule has 1 aliphatic heterocycles. The molecule has 0 aliphatic carbocycles. The van der Waals surface area contributed by atoms with Gasteiger partial charge in [-0.2, -0.15) is 4.31 Å². The van der Waals surface area contributed by atoms with Crippen molar-refractivity contribution in [1.29, 1.82) is 0 Å². The van der Waals surface area contributed by atoms with Crippen LogP contribution >= 0.6 is 0 Å². The number of benzene rings is 2. The van der Waals surface area contributed by atoms with E-state index in [1.54, 1.807) is 18.2 Å². The van der Waals surface area contributed by atoms with Crippen molar-refractivity contribution in [1.82, 2.24) is 4.31 Å². The first-order valence-electron chi connectivity index (χ1n) is 9.14. The number of nitro groups is 1. The van der Waals surface area contributed by atoms with Gasteiger partial charge in [0.25, 0.3) is 5.69 Å². The van der Waals surface area contributed by atoms with Crippen molar-refractivity contribution >= 4 is 27.1 Å². The molecule has 1 N–H and O–H groups in total. The average Bonchev–Trinajstić information content (AvgIpc) is 2.74. The van der Waals surface area contributed by atoms with E-state index in [0.717, 1.165) is 25.3 Å². The van der Waals surface area contributed by atoms with Crippen molar-refractivity contribution in [2.24, 2.45) is 0 Å². The highest BCUT2D eigenvalue weighted by Crippen LogP contribution is 2.36. The minimum absolute atomic E-state index is 0.0849. The molecule has 1 saturated heterocycles. The quantitative estimate of drug-likeness (QED) is 0.538. The van der Waals surface area contributed by atoms with Crippen LogP contribution < -0.4 is 14.8 Å². The minimum Gasteiger partial charge on any atom is -0.497 e. The van der Waals surface area contributed by atoms with E-state index in [1.807, 2.05) is 0 Å². The van der Waals surface area contributed by atoms with E-state index in [2.05, 4.69) is 5.32 Å². The van der Waals surface area contributed by atoms with Gasteiger partial charge in [0, 0.05) is 25.2 Å². The number of hydrogen-bond donors (Lipinski definition) is 1. The van der Waals surface area contributed by atoms with Gasteiger partial charge in [-0.3, -0.25) is 10.1 Å². The summed E-state index contributed by atoms with van der Waals surface area (Å²) in [6.07, 6.45) is 2.56. The van der Waals surface area contributed by atoms with Crippen LogP contribution in [0.5, 0.6) is 11.5 Å². The number of ether oxygens (including phenoxy) is 2. The van der Waals surface area contributed by atoms with Crippen LogP contribution in [0.1, 0.15) is 19.3 Å². The highest BCUT2D eigenvalue weighted by atomic mass is 32.2. The Kier molecular flexibility index (Phi) is 6.23. The summed E-state index contributed by atoms with van der Waals surface area (Å²) in [6.45, 7) is 0.859. The summed E-state index contributed by atoms with van der Waals surface area (Å²) in [5.41, 5.74) is 0.319. The van der Waals surface area contributed by atoms with Gasteiger partial charge >= 0.3 is 0 Å². The molecule has 1 aliphatic rings. The molecule has 2 aromatic rings. The molecule has 2 aromatic carbocycles. The zero-order chi connectivity index (χ0) is 21.0. The van der Waals surface area contributed by atoms with Gasteiger partial charge < -0.3 is 14.8 Å². The number of nitro benzene ring substituents is 1. The average molecular weight is 421 g/mol. The first kappa shape index (κ1) is 20.9. The third-order valence-corrected chi connectivity index (χ3v) is 6.69. The molecule has 29 heavy (non-hydrogen) atoms. The van der Waals surface area contributed by atoms with Gasteiger partial charge in [-0.25, -0.2) is 8.42 Å². The third-order valence-electron chi connectivity index (χ3n) is 4.80. The summed E-state index contributed by atoms with van der Waals surface area (Å²) in [6, 6.07) is 8.88. The Morgan fingerprint density at radius 2 is 1.69 bits per heavy atom. The lowest BCUT2D eigenvalue weighted by atomic mass is 10.2. The molecule has 0 atom stereocenters. The molecule has 0 radical (unpaired) electrons. The van der Waals surface area contributed by atoms with E-state index in [-0.39, 0.29) is 16.3 Å². The largest absolute Gasteiger partial charge is 0.497 e. The number of rotatable bonds is 7. The summed E-state index contributed by atoms with van der Waals surface area (Å²) in [7, 11) is -0.773. The second-order valence-electron chi connectivity index (χ2n) is 6.59. The van der Waals surface area contributed by atoms with Gasteiger partial charge in [-0.15, -0.1) is 0 Å². The lowest BCUT2D eigenvalue weighted by Gasteiger charge is -2.25. The number of sulfonamides is 1. The maximum atomic E-state index is 12.9. The Bertz CT molecular complexity index is 1000. The van der Waals surface area contributed by atoms with Gasteiger partial charge in [0.15, 0.2) is 0 Å². The molecular formula is C19H23N3O6S. The Hall–Kier alpha value is -2.85. The first-order valence-corrected chi connectivity index (χ1v) is 10.6. The standard InChI is InChI=1S/C19H23N3O6S/c1-27-14-6-8-17(19(12-14)28-2)20-16-9-7-15(13-18(16)22(23)24)29(25,26)21-10-4-3-5-11-21/h6-9,12-13,20H,3-5,10-11H2,1-2H3. The van der Waals surface area contributed by atoms with Crippen LogP contribution in [0.2, 0.25) is 0 Å². The summed E-state index contributed by atoms with van der Waals surface area (Å²) in [4.78, 5) is 10.9. The van der Waals surface area contributed by atoms with E-state index in [4.69, 9.17) is 9.47 Å². The number of anilines is 2. The van der Waals surface area contributed by atoms with Crippen molar-refractivity contribution < 1.29 is 22.8 Å². The maximum Gasteiger partial charge on any atom is 0.294 e. The van der Waals surface area contributed by atoms with Gasteiger partial charge in [-0.1, -0.05) is 6.42 Å². The number of nitrogens with one attached hydrogen (secondary N) is 1. The molecule has 0 unspecified atom stereocenters. The van der Waals surface area contributed by atoms with E-state index < -0.39 is 14.9 Å². The third kappa shape index (κ3) is 4.43. The molecule has 9 nitrogen and oxygen atoms in total. The van der Waals surface area contributed by atoms with Crippen LogP contribution in [0.3, 0.4) is 0 Å². The Labute approximate surface area is 169 Å². The van der Waals surface area contributed by atoms with Crippen molar-refractivity contribution in [2.45, 2.75) is 24.2 Å². The predicted octanol–water partition coefficient (Wildman–Crippen LogP) is 3.53. The molecule has 0 saturated carbocycles. The predicted molar refractivity (Wildman–Crippen MR) is 109 cm³/mol. The Balaban J connectivity index is 1.96. The number of nitrogens with zero attached hydrogens (tertiary/aromatic N) is 2. The molecule has 1 fully saturated rings. The molecule has 0 amide bonds. The summed E-state index contributed by atoms with van der Waals surface area (Å²) >= 11 is 0. The smallest absolute Gasteiger partial charge is 0.294 e. The van der Waals surface area contributed by atoms with E-state index in [0.29, 0.717) is 30.3 Å². The summed E-state index contributed by atoms with van der Waals surface area (Å²) in [5, 5.41) is 14.6. The SMILES string of the molecule is COc1ccc(Nc2ccc(S(=O)(=O)N3CCCCC3)cc2[N+](=O)[O-])c(OC)c1. The number of piperidine rings is 1. The van der Waals surface area contributed by atoms with Gasteiger partial charge in [-0.05, 0) is 37.1 Å². The molecule has 3 rings (SSSR count). The normalized spacial score (nSPS) is 15.0. The van der Waals surface area contributed by atoms with Crippen molar-refractivity contribution in [2.75, 3.05) is 32.6 Å². The second kappa shape index (κ2) is 8.66. The molecule has 0 bridgehead atoms. The van der Waals surface area contributed by atoms with Crippen molar-refractivity contribution in [3.63, 3.8) is 0 Å². The van der Waals surface area contributed by atoms with Gasteiger partial charge in [0.1, 0.15) is 17.2 Å². The highest BCUT2D eigenvalue weighted by Gasteiger charge is 2.28. The molecule has 1 heterocycles. The van der Waals surface area contributed by atoms with Crippen LogP contribution in [0.4, 0.5) is 17.1 Å². The Morgan fingerprint density at radius 3 is 2.31 bits per heavy atom. The van der Waals surface area contributed by atoms with E-state index in [1.165, 1.54) is 30.7 Å². The van der Waals surface area contributed by atoms with Gasteiger partial charge in [0.05, 0.1) is 29.7 Å². The van der Waals surface area contributed by atoms with Crippen LogP contribution in [0, 0.1) is 10.1 Å². The maximum absolute atomic E-state index is 12.9.